The number of nitrogens with one attached hydrogen (secondary N) is 1. The van der Waals surface area contributed by atoms with E-state index in [9.17, 15) is 24.5 Å². The third-order valence-corrected chi connectivity index (χ3v) is 7.23. The van der Waals surface area contributed by atoms with E-state index >= 15 is 0 Å². The predicted molar refractivity (Wildman–Crippen MR) is 126 cm³/mol. The van der Waals surface area contributed by atoms with E-state index in [1.165, 1.54) is 19.2 Å². The van der Waals surface area contributed by atoms with Crippen molar-refractivity contribution < 1.29 is 28.8 Å². The Morgan fingerprint density at radius 3 is 2.49 bits per heavy atom. The molecule has 9 nitrogen and oxygen atoms in total. The second-order valence-corrected chi connectivity index (χ2v) is 9.52. The lowest BCUT2D eigenvalue weighted by molar-refractivity contribution is -0.385. The standard InChI is InChI=1S/C26H30N2O7/c1-14-13-18-23(24(29)20(14)25(30)34-3)22(17-11-7-8-12-19(17)28(32)33)21(15(2)27-18)26(31)35-16-9-5-4-6-10-16/h7-8,11-12,14,16,20,22,27H,4-6,9-10,13H2,1-3H3/t14-,20-,22-/m0/s1. The molecule has 0 aromatic heterocycles. The van der Waals surface area contributed by atoms with E-state index in [-0.39, 0.29) is 34.4 Å². The van der Waals surface area contributed by atoms with Crippen LogP contribution in [0, 0.1) is 22.0 Å². The molecule has 186 valence electrons. The maximum Gasteiger partial charge on any atom is 0.337 e. The minimum atomic E-state index is -1.06. The van der Waals surface area contributed by atoms with E-state index < -0.39 is 34.5 Å². The van der Waals surface area contributed by atoms with Crippen molar-refractivity contribution in [2.75, 3.05) is 7.11 Å². The van der Waals surface area contributed by atoms with Crippen LogP contribution in [-0.4, -0.2) is 35.9 Å². The van der Waals surface area contributed by atoms with Crippen molar-refractivity contribution in [1.82, 2.24) is 5.32 Å². The van der Waals surface area contributed by atoms with E-state index in [4.69, 9.17) is 9.47 Å². The van der Waals surface area contributed by atoms with Gasteiger partial charge >= 0.3 is 11.9 Å². The normalized spacial score (nSPS) is 25.0. The fourth-order valence-electron chi connectivity index (χ4n) is 5.56. The highest BCUT2D eigenvalue weighted by molar-refractivity contribution is 6.12. The van der Waals surface area contributed by atoms with Gasteiger partial charge in [0, 0.05) is 28.6 Å². The fourth-order valence-corrected chi connectivity index (χ4v) is 5.56. The summed E-state index contributed by atoms with van der Waals surface area (Å²) in [5.41, 5.74) is 1.42. The maximum absolute atomic E-state index is 13.8. The van der Waals surface area contributed by atoms with Crippen LogP contribution in [0.3, 0.4) is 0 Å². The summed E-state index contributed by atoms with van der Waals surface area (Å²) in [5, 5.41) is 15.1. The Morgan fingerprint density at radius 2 is 1.83 bits per heavy atom. The van der Waals surface area contributed by atoms with Crippen molar-refractivity contribution in [3.8, 4) is 0 Å². The van der Waals surface area contributed by atoms with Crippen molar-refractivity contribution in [1.29, 1.82) is 0 Å². The average molecular weight is 483 g/mol. The molecule has 3 aliphatic rings. The zero-order chi connectivity index (χ0) is 25.3. The first kappa shape index (κ1) is 24.6. The molecule has 1 heterocycles. The van der Waals surface area contributed by atoms with Crippen molar-refractivity contribution in [3.63, 3.8) is 0 Å². The molecular formula is C26H30N2O7. The third kappa shape index (κ3) is 4.59. The third-order valence-electron chi connectivity index (χ3n) is 7.23. The Labute approximate surface area is 203 Å². The van der Waals surface area contributed by atoms with Crippen LogP contribution in [0.5, 0.6) is 0 Å². The number of nitro benzene ring substituents is 1. The number of ketones is 1. The number of hydrogen-bond donors (Lipinski definition) is 1. The number of nitrogens with zero attached hydrogens (tertiary/aromatic N) is 1. The summed E-state index contributed by atoms with van der Waals surface area (Å²) < 4.78 is 10.7. The summed E-state index contributed by atoms with van der Waals surface area (Å²) in [4.78, 5) is 51.2. The van der Waals surface area contributed by atoms with Gasteiger partial charge in [-0.1, -0.05) is 31.5 Å². The zero-order valence-electron chi connectivity index (χ0n) is 20.2. The van der Waals surface area contributed by atoms with Crippen molar-refractivity contribution >= 4 is 23.4 Å². The molecule has 1 N–H and O–H groups in total. The largest absolute Gasteiger partial charge is 0.468 e. The minimum absolute atomic E-state index is 0.162. The average Bonchev–Trinajstić information content (AvgIpc) is 2.83. The van der Waals surface area contributed by atoms with Gasteiger partial charge in [0.25, 0.3) is 5.69 Å². The first-order valence-corrected chi connectivity index (χ1v) is 12.0. The molecule has 0 bridgehead atoms. The minimum Gasteiger partial charge on any atom is -0.468 e. The molecular weight excluding hydrogens is 452 g/mol. The topological polar surface area (TPSA) is 125 Å². The summed E-state index contributed by atoms with van der Waals surface area (Å²) in [6.45, 7) is 3.50. The van der Waals surface area contributed by atoms with Gasteiger partial charge in [0.05, 0.1) is 23.5 Å². The maximum atomic E-state index is 13.8. The first-order valence-electron chi connectivity index (χ1n) is 12.0. The molecule has 1 fully saturated rings. The summed E-state index contributed by atoms with van der Waals surface area (Å²) in [7, 11) is 1.22. The predicted octanol–water partition coefficient (Wildman–Crippen LogP) is 4.08. The van der Waals surface area contributed by atoms with Crippen LogP contribution in [0.1, 0.15) is 63.9 Å². The van der Waals surface area contributed by atoms with Crippen molar-refractivity contribution in [2.24, 2.45) is 11.8 Å². The lowest BCUT2D eigenvalue weighted by atomic mass is 9.69. The van der Waals surface area contributed by atoms with Gasteiger partial charge in [-0.25, -0.2) is 4.79 Å². The molecule has 0 spiro atoms. The van der Waals surface area contributed by atoms with Crippen LogP contribution in [-0.2, 0) is 23.9 Å². The molecule has 0 amide bonds. The number of methoxy groups -OCH3 is 1. The van der Waals surface area contributed by atoms with Crippen molar-refractivity contribution in [3.05, 3.63) is 62.5 Å². The van der Waals surface area contributed by atoms with Crippen LogP contribution in [0.2, 0.25) is 0 Å². The number of carbonyl (C=O) groups is 3. The molecule has 0 unspecified atom stereocenters. The van der Waals surface area contributed by atoms with Crippen LogP contribution in [0.15, 0.2) is 46.8 Å². The molecule has 3 atom stereocenters. The van der Waals surface area contributed by atoms with Crippen LogP contribution in [0.25, 0.3) is 0 Å². The quantitative estimate of drug-likeness (QED) is 0.288. The first-order chi connectivity index (χ1) is 16.7. The molecule has 4 rings (SSSR count). The fraction of sp³-hybridized carbons (Fsp3) is 0.500. The lowest BCUT2D eigenvalue weighted by Crippen LogP contribution is -2.43. The summed E-state index contributed by atoms with van der Waals surface area (Å²) in [6.07, 6.45) is 4.67. The smallest absolute Gasteiger partial charge is 0.337 e. The number of allylic oxidation sites excluding steroid dienone is 3. The Balaban J connectivity index is 1.85. The Bertz CT molecular complexity index is 1130. The van der Waals surface area contributed by atoms with Gasteiger partial charge in [-0.2, -0.15) is 0 Å². The number of ether oxygens (including phenoxy) is 2. The molecule has 1 aromatic carbocycles. The molecule has 1 aliphatic heterocycles. The lowest BCUT2D eigenvalue weighted by Gasteiger charge is -2.38. The number of nitro groups is 1. The molecule has 35 heavy (non-hydrogen) atoms. The van der Waals surface area contributed by atoms with Gasteiger partial charge in [0.1, 0.15) is 12.0 Å². The van der Waals surface area contributed by atoms with E-state index in [1.54, 1.807) is 26.0 Å². The van der Waals surface area contributed by atoms with Gasteiger partial charge in [0.2, 0.25) is 0 Å². The van der Waals surface area contributed by atoms with E-state index in [1.807, 2.05) is 0 Å². The van der Waals surface area contributed by atoms with Gasteiger partial charge in [0.15, 0.2) is 5.78 Å². The second-order valence-electron chi connectivity index (χ2n) is 9.52. The number of carbonyl (C=O) groups excluding carboxylic acids is 3. The van der Waals surface area contributed by atoms with Crippen LogP contribution >= 0.6 is 0 Å². The zero-order valence-corrected chi connectivity index (χ0v) is 20.2. The summed E-state index contributed by atoms with van der Waals surface area (Å²) in [6, 6.07) is 6.08. The number of dihydropyridines is 1. The molecule has 9 heteroatoms. The van der Waals surface area contributed by atoms with Crippen molar-refractivity contribution in [2.45, 2.75) is 64.4 Å². The van der Waals surface area contributed by atoms with E-state index in [0.717, 1.165) is 32.1 Å². The number of Topliss-reactive ketones (excluding diaryl/α,β-unsaturated/α-hetero) is 1. The molecule has 1 saturated carbocycles. The van der Waals surface area contributed by atoms with Gasteiger partial charge in [-0.05, 0) is 44.9 Å². The van der Waals surface area contributed by atoms with Gasteiger partial charge in [-0.3, -0.25) is 19.7 Å². The number of rotatable bonds is 5. The number of hydrogen-bond acceptors (Lipinski definition) is 8. The monoisotopic (exact) mass is 482 g/mol. The van der Waals surface area contributed by atoms with Gasteiger partial charge in [-0.15, -0.1) is 0 Å². The SMILES string of the molecule is COC(=O)[C@@H]1C(=O)C2=C(C[C@@H]1C)NC(C)=C(C(=O)OC1CCCCC1)[C@@H]2c1ccccc1[N+](=O)[O-]. The summed E-state index contributed by atoms with van der Waals surface area (Å²) >= 11 is 0. The Morgan fingerprint density at radius 1 is 1.14 bits per heavy atom. The summed E-state index contributed by atoms with van der Waals surface area (Å²) in [5.74, 6) is -4.17. The molecule has 0 radical (unpaired) electrons. The highest BCUT2D eigenvalue weighted by atomic mass is 16.6. The number of benzene rings is 1. The van der Waals surface area contributed by atoms with Gasteiger partial charge < -0.3 is 14.8 Å². The van der Waals surface area contributed by atoms with Crippen LogP contribution in [0.4, 0.5) is 5.69 Å². The van der Waals surface area contributed by atoms with Crippen LogP contribution < -0.4 is 5.32 Å². The Hall–Kier alpha value is -3.49. The van der Waals surface area contributed by atoms with E-state index in [0.29, 0.717) is 17.8 Å². The second kappa shape index (κ2) is 10.0. The highest BCUT2D eigenvalue weighted by Crippen LogP contribution is 2.47. The van der Waals surface area contributed by atoms with E-state index in [2.05, 4.69) is 5.32 Å². The number of para-hydroxylation sites is 1. The molecule has 2 aliphatic carbocycles. The molecule has 1 aromatic rings. The number of esters is 2. The Kier molecular flexibility index (Phi) is 7.05. The molecule has 0 saturated heterocycles. The highest BCUT2D eigenvalue weighted by Gasteiger charge is 2.48.